The number of hydrogen-bond acceptors (Lipinski definition) is 1. The lowest BCUT2D eigenvalue weighted by Crippen LogP contribution is -2.19. The first kappa shape index (κ1) is 10.4. The average molecular weight is 206 g/mol. The van der Waals surface area contributed by atoms with E-state index in [4.69, 9.17) is 17.3 Å². The van der Waals surface area contributed by atoms with E-state index < -0.39 is 12.5 Å². The Morgan fingerprint density at radius 1 is 1.38 bits per heavy atom. The van der Waals surface area contributed by atoms with Gasteiger partial charge in [0.25, 0.3) is 6.43 Å². The molecule has 0 amide bonds. The van der Waals surface area contributed by atoms with Crippen molar-refractivity contribution in [3.05, 3.63) is 34.3 Å². The summed E-state index contributed by atoms with van der Waals surface area (Å²) in [5, 5.41) is 0.530. The molecule has 0 aliphatic rings. The molecule has 0 saturated carbocycles. The minimum Gasteiger partial charge on any atom is -0.319 e. The molecule has 0 aromatic heterocycles. The molecule has 0 aliphatic heterocycles. The summed E-state index contributed by atoms with van der Waals surface area (Å²) < 4.78 is 24.5. The highest BCUT2D eigenvalue weighted by Gasteiger charge is 2.18. The van der Waals surface area contributed by atoms with Crippen molar-refractivity contribution < 1.29 is 8.78 Å². The van der Waals surface area contributed by atoms with E-state index >= 15 is 0 Å². The lowest BCUT2D eigenvalue weighted by molar-refractivity contribution is 0.116. The van der Waals surface area contributed by atoms with Crippen LogP contribution in [0, 0.1) is 6.92 Å². The number of nitrogens with two attached hydrogens (primary N) is 1. The molecule has 0 saturated heterocycles. The molecule has 1 atom stereocenters. The van der Waals surface area contributed by atoms with Crippen LogP contribution in [0.2, 0.25) is 5.02 Å². The van der Waals surface area contributed by atoms with Crippen LogP contribution in [0.4, 0.5) is 8.78 Å². The minimum absolute atomic E-state index is 0.444. The average Bonchev–Trinajstić information content (AvgIpc) is 2.03. The second kappa shape index (κ2) is 4.03. The Balaban J connectivity index is 3.01. The van der Waals surface area contributed by atoms with Crippen LogP contribution in [0.3, 0.4) is 0 Å². The summed E-state index contributed by atoms with van der Waals surface area (Å²) in [4.78, 5) is 0. The second-order valence-electron chi connectivity index (χ2n) is 2.86. The summed E-state index contributed by atoms with van der Waals surface area (Å²) in [5.41, 5.74) is 6.43. The molecule has 13 heavy (non-hydrogen) atoms. The fraction of sp³-hybridized carbons (Fsp3) is 0.333. The van der Waals surface area contributed by atoms with E-state index in [1.807, 2.05) is 0 Å². The van der Waals surface area contributed by atoms with Crippen LogP contribution in [0.25, 0.3) is 0 Å². The van der Waals surface area contributed by atoms with Gasteiger partial charge < -0.3 is 5.73 Å². The van der Waals surface area contributed by atoms with Crippen molar-refractivity contribution in [3.63, 3.8) is 0 Å². The third-order valence-corrected chi connectivity index (χ3v) is 2.10. The van der Waals surface area contributed by atoms with E-state index in [9.17, 15) is 8.78 Å². The van der Waals surface area contributed by atoms with Crippen LogP contribution in [-0.2, 0) is 0 Å². The fourth-order valence-electron chi connectivity index (χ4n) is 1.15. The van der Waals surface area contributed by atoms with E-state index in [-0.39, 0.29) is 0 Å². The third-order valence-electron chi connectivity index (χ3n) is 1.86. The largest absolute Gasteiger partial charge is 0.319 e. The lowest BCUT2D eigenvalue weighted by atomic mass is 10.0. The predicted octanol–water partition coefficient (Wildman–Crippen LogP) is 2.91. The monoisotopic (exact) mass is 205 g/mol. The van der Waals surface area contributed by atoms with Gasteiger partial charge in [-0.3, -0.25) is 0 Å². The van der Waals surface area contributed by atoms with Gasteiger partial charge in [-0.15, -0.1) is 0 Å². The third kappa shape index (κ3) is 2.39. The Labute approximate surface area is 80.5 Å². The van der Waals surface area contributed by atoms with Crippen molar-refractivity contribution in [1.82, 2.24) is 0 Å². The number of hydrogen-bond donors (Lipinski definition) is 1. The van der Waals surface area contributed by atoms with E-state index in [0.29, 0.717) is 16.1 Å². The van der Waals surface area contributed by atoms with Gasteiger partial charge in [0.1, 0.15) is 0 Å². The number of benzene rings is 1. The maximum Gasteiger partial charge on any atom is 0.257 e. The topological polar surface area (TPSA) is 26.0 Å². The molecule has 2 N–H and O–H groups in total. The van der Waals surface area contributed by atoms with Crippen molar-refractivity contribution in [3.8, 4) is 0 Å². The first-order valence-electron chi connectivity index (χ1n) is 3.82. The molecule has 1 aromatic carbocycles. The van der Waals surface area contributed by atoms with Crippen molar-refractivity contribution in [2.24, 2.45) is 5.73 Å². The van der Waals surface area contributed by atoms with E-state index in [1.165, 1.54) is 6.07 Å². The normalized spacial score (nSPS) is 13.4. The van der Waals surface area contributed by atoms with Gasteiger partial charge >= 0.3 is 0 Å². The molecular weight excluding hydrogens is 196 g/mol. The van der Waals surface area contributed by atoms with Crippen molar-refractivity contribution in [2.45, 2.75) is 19.4 Å². The molecule has 0 spiro atoms. The summed E-state index contributed by atoms with van der Waals surface area (Å²) in [6, 6.07) is 3.50. The highest BCUT2D eigenvalue weighted by atomic mass is 35.5. The van der Waals surface area contributed by atoms with Crippen LogP contribution in [0.15, 0.2) is 18.2 Å². The lowest BCUT2D eigenvalue weighted by Gasteiger charge is -2.13. The molecule has 1 rings (SSSR count). The van der Waals surface area contributed by atoms with Gasteiger partial charge in [0.05, 0.1) is 6.04 Å². The zero-order valence-electron chi connectivity index (χ0n) is 7.10. The van der Waals surface area contributed by atoms with E-state index in [2.05, 4.69) is 0 Å². The smallest absolute Gasteiger partial charge is 0.257 e. The van der Waals surface area contributed by atoms with Crippen LogP contribution in [-0.4, -0.2) is 6.43 Å². The fourth-order valence-corrected chi connectivity index (χ4v) is 1.38. The highest BCUT2D eigenvalue weighted by molar-refractivity contribution is 6.30. The quantitative estimate of drug-likeness (QED) is 0.790. The summed E-state index contributed by atoms with van der Waals surface area (Å²) >= 11 is 5.67. The van der Waals surface area contributed by atoms with Crippen molar-refractivity contribution in [2.75, 3.05) is 0 Å². The van der Waals surface area contributed by atoms with Gasteiger partial charge in [0.2, 0.25) is 0 Å². The maximum absolute atomic E-state index is 12.2. The molecule has 0 aliphatic carbocycles. The number of aryl methyl sites for hydroxylation is 1. The van der Waals surface area contributed by atoms with Crippen molar-refractivity contribution >= 4 is 11.6 Å². The van der Waals surface area contributed by atoms with Gasteiger partial charge in [0.15, 0.2) is 0 Å². The molecule has 0 unspecified atom stereocenters. The number of alkyl halides is 2. The van der Waals surface area contributed by atoms with Gasteiger partial charge in [-0.25, -0.2) is 8.78 Å². The Morgan fingerprint density at radius 2 is 2.00 bits per heavy atom. The second-order valence-corrected chi connectivity index (χ2v) is 3.30. The Morgan fingerprint density at radius 3 is 2.46 bits per heavy atom. The molecule has 1 nitrogen and oxygen atoms in total. The van der Waals surface area contributed by atoms with Gasteiger partial charge in [-0.05, 0) is 30.2 Å². The maximum atomic E-state index is 12.2. The van der Waals surface area contributed by atoms with E-state index in [0.717, 1.165) is 0 Å². The number of halogens is 3. The molecule has 0 radical (unpaired) electrons. The first-order chi connectivity index (χ1) is 6.02. The zero-order chi connectivity index (χ0) is 10.0. The molecule has 0 bridgehead atoms. The van der Waals surface area contributed by atoms with Crippen molar-refractivity contribution in [1.29, 1.82) is 0 Å². The Hall–Kier alpha value is -0.670. The van der Waals surface area contributed by atoms with E-state index in [1.54, 1.807) is 19.1 Å². The zero-order valence-corrected chi connectivity index (χ0v) is 7.85. The summed E-state index contributed by atoms with van der Waals surface area (Å²) in [6.45, 7) is 1.71. The van der Waals surface area contributed by atoms with Crippen LogP contribution in [0.1, 0.15) is 17.2 Å². The molecule has 0 heterocycles. The summed E-state index contributed by atoms with van der Waals surface area (Å²) in [6.07, 6.45) is -2.54. The van der Waals surface area contributed by atoms with Crippen LogP contribution >= 0.6 is 11.6 Å². The minimum atomic E-state index is -2.54. The molecule has 1 aromatic rings. The van der Waals surface area contributed by atoms with Gasteiger partial charge in [-0.1, -0.05) is 17.7 Å². The number of rotatable bonds is 2. The molecule has 0 fully saturated rings. The highest BCUT2D eigenvalue weighted by Crippen LogP contribution is 2.23. The predicted molar refractivity (Wildman–Crippen MR) is 49.1 cm³/mol. The van der Waals surface area contributed by atoms with Gasteiger partial charge in [-0.2, -0.15) is 0 Å². The van der Waals surface area contributed by atoms with Crippen LogP contribution < -0.4 is 5.73 Å². The molecular formula is C9H10ClF2N. The standard InChI is InChI=1S/C9H10ClF2N/c1-5-4-6(10)2-3-7(5)8(13)9(11)12/h2-4,8-9H,13H2,1H3/t8-/m0/s1. The molecule has 72 valence electrons. The summed E-state index contributed by atoms with van der Waals surface area (Å²) in [7, 11) is 0. The van der Waals surface area contributed by atoms with Crippen LogP contribution in [0.5, 0.6) is 0 Å². The first-order valence-corrected chi connectivity index (χ1v) is 4.20. The van der Waals surface area contributed by atoms with Gasteiger partial charge in [0, 0.05) is 5.02 Å². The SMILES string of the molecule is Cc1cc(Cl)ccc1[C@H](N)C(F)F. The Bertz CT molecular complexity index is 302. The molecule has 4 heteroatoms. The Kier molecular flexibility index (Phi) is 3.22. The summed E-state index contributed by atoms with van der Waals surface area (Å²) in [5.74, 6) is 0.